The third-order valence-electron chi connectivity index (χ3n) is 3.26. The van der Waals surface area contributed by atoms with Crippen LogP contribution in [0.4, 0.5) is 5.69 Å². The molecule has 0 heterocycles. The summed E-state index contributed by atoms with van der Waals surface area (Å²) in [5.41, 5.74) is 5.28. The predicted molar refractivity (Wildman–Crippen MR) is 93.8 cm³/mol. The van der Waals surface area contributed by atoms with Gasteiger partial charge in [0.25, 0.3) is 0 Å². The Morgan fingerprint density at radius 1 is 1.12 bits per heavy atom. The van der Waals surface area contributed by atoms with Crippen LogP contribution in [0.25, 0.3) is 0 Å². The zero-order valence-electron chi connectivity index (χ0n) is 13.0. The van der Waals surface area contributed by atoms with Crippen molar-refractivity contribution in [3.05, 3.63) is 29.8 Å². The minimum absolute atomic E-state index is 0.0147. The molecule has 0 aromatic heterocycles. The van der Waals surface area contributed by atoms with Crippen LogP contribution in [0.15, 0.2) is 24.3 Å². The summed E-state index contributed by atoms with van der Waals surface area (Å²) < 4.78 is 22.9. The van der Waals surface area contributed by atoms with Crippen molar-refractivity contribution in [1.82, 2.24) is 0 Å². The second kappa shape index (κ2) is 8.63. The maximum absolute atomic E-state index is 11.8. The van der Waals surface area contributed by atoms with Crippen molar-refractivity contribution in [3.8, 4) is 0 Å². The van der Waals surface area contributed by atoms with Crippen molar-refractivity contribution in [3.63, 3.8) is 0 Å². The average molecular weight is 397 g/mol. The van der Waals surface area contributed by atoms with Crippen molar-refractivity contribution in [2.75, 3.05) is 11.9 Å². The number of carbonyl (C=O) groups is 1. The van der Waals surface area contributed by atoms with Crippen LogP contribution in [0.2, 0.25) is 0 Å². The van der Waals surface area contributed by atoms with Crippen LogP contribution in [-0.2, 0) is 13.9 Å². The Hall–Kier alpha value is -0.660. The number of carbonyl (C=O) groups excluding carboxylic acids is 1. The van der Waals surface area contributed by atoms with E-state index in [4.69, 9.17) is 15.5 Å². The second-order valence-corrected chi connectivity index (χ2v) is 10.4. The highest BCUT2D eigenvalue weighted by molar-refractivity contribution is 8.14. The zero-order chi connectivity index (χ0) is 18.5. The number of rotatable bonds is 8. The number of hydrogen-bond donors (Lipinski definition) is 5. The quantitative estimate of drug-likeness (QED) is 0.327. The fourth-order valence-electron chi connectivity index (χ4n) is 2.28. The maximum Gasteiger partial charge on any atom is 0.332 e. The fourth-order valence-corrected chi connectivity index (χ4v) is 5.64. The molecule has 1 aromatic carbocycles. The number of nitrogen functional groups attached to an aromatic ring is 1. The maximum atomic E-state index is 11.8. The molecule has 0 fully saturated rings. The lowest BCUT2D eigenvalue weighted by Gasteiger charge is -2.22. The highest BCUT2D eigenvalue weighted by atomic mass is 32.2. The molecule has 11 heteroatoms. The lowest BCUT2D eigenvalue weighted by atomic mass is 10.1. The van der Waals surface area contributed by atoms with Gasteiger partial charge in [0.1, 0.15) is 0 Å². The van der Waals surface area contributed by atoms with Crippen LogP contribution in [0, 0.1) is 0 Å². The molecule has 0 saturated heterocycles. The summed E-state index contributed by atoms with van der Waals surface area (Å²) in [6.07, 6.45) is -0.457. The van der Waals surface area contributed by atoms with Gasteiger partial charge in [0.05, 0.1) is 11.8 Å². The van der Waals surface area contributed by atoms with E-state index in [1.54, 1.807) is 0 Å². The molecule has 0 amide bonds. The molecule has 0 aliphatic heterocycles. The first kappa shape index (κ1) is 21.4. The topological polar surface area (TPSA) is 158 Å². The van der Waals surface area contributed by atoms with Crippen LogP contribution < -0.4 is 5.73 Å². The molecule has 0 aliphatic rings. The lowest BCUT2D eigenvalue weighted by molar-refractivity contribution is -0.109. The van der Waals surface area contributed by atoms with Gasteiger partial charge < -0.3 is 25.3 Å². The summed E-state index contributed by atoms with van der Waals surface area (Å²) in [6.45, 7) is 1.28. The molecule has 8 nitrogen and oxygen atoms in total. The summed E-state index contributed by atoms with van der Waals surface area (Å²) in [7, 11) is -8.82. The summed E-state index contributed by atoms with van der Waals surface area (Å²) in [6, 6.07) is 6.06. The monoisotopic (exact) mass is 397 g/mol. The van der Waals surface area contributed by atoms with Gasteiger partial charge >= 0.3 is 15.2 Å². The number of benzene rings is 1. The summed E-state index contributed by atoms with van der Waals surface area (Å²) in [5.74, 6) is 0. The summed E-state index contributed by atoms with van der Waals surface area (Å²) in [4.78, 5) is 48.6. The smallest absolute Gasteiger partial charge is 0.332 e. The third-order valence-corrected chi connectivity index (χ3v) is 6.86. The molecule has 0 spiro atoms. The van der Waals surface area contributed by atoms with Crippen LogP contribution in [0.3, 0.4) is 0 Å². The molecule has 0 saturated carbocycles. The Balaban J connectivity index is 2.92. The molecule has 2 unspecified atom stereocenters. The van der Waals surface area contributed by atoms with Gasteiger partial charge in [0.15, 0.2) is 5.12 Å². The molecule has 1 rings (SSSR count). The minimum Gasteiger partial charge on any atom is -0.399 e. The molecule has 1 aromatic rings. The molecule has 0 bridgehead atoms. The molecule has 0 aliphatic carbocycles. The molecule has 0 radical (unpaired) electrons. The first-order valence-corrected chi connectivity index (χ1v) is 11.4. The molecular weight excluding hydrogens is 376 g/mol. The SMILES string of the molecule is CC(=O)SC(CCC(c1ccc(N)cc1)P(=O)(O)O)CP(=O)(O)O. The van der Waals surface area contributed by atoms with Gasteiger partial charge in [-0.25, -0.2) is 0 Å². The van der Waals surface area contributed by atoms with Crippen LogP contribution in [0.1, 0.15) is 31.0 Å². The first-order valence-electron chi connectivity index (χ1n) is 7.01. The van der Waals surface area contributed by atoms with Gasteiger partial charge in [-0.1, -0.05) is 23.9 Å². The Labute approximate surface area is 144 Å². The Kier molecular flexibility index (Phi) is 7.69. The van der Waals surface area contributed by atoms with Crippen molar-refractivity contribution in [2.24, 2.45) is 0 Å². The van der Waals surface area contributed by atoms with E-state index >= 15 is 0 Å². The van der Waals surface area contributed by atoms with E-state index in [2.05, 4.69) is 0 Å². The average Bonchev–Trinajstić information content (AvgIpc) is 2.36. The van der Waals surface area contributed by atoms with Gasteiger partial charge in [0, 0.05) is 17.9 Å². The van der Waals surface area contributed by atoms with Gasteiger partial charge in [-0.2, -0.15) is 0 Å². The van der Waals surface area contributed by atoms with Crippen molar-refractivity contribution in [1.29, 1.82) is 0 Å². The number of nitrogens with two attached hydrogens (primary N) is 1. The number of hydrogen-bond acceptors (Lipinski definition) is 5. The van der Waals surface area contributed by atoms with E-state index in [1.165, 1.54) is 31.2 Å². The standard InChI is InChI=1S/C13H21NO7P2S/c1-9(15)24-12(8-22(16,17)18)6-7-13(23(19,20)21)10-2-4-11(14)5-3-10/h2-5,12-13H,6-8,14H2,1H3,(H2,16,17,18)(H2,19,20,21). The minimum atomic E-state index is -4.48. The van der Waals surface area contributed by atoms with Crippen molar-refractivity contribution >= 4 is 37.8 Å². The van der Waals surface area contributed by atoms with E-state index in [-0.39, 0.29) is 18.0 Å². The molecule has 24 heavy (non-hydrogen) atoms. The second-order valence-electron chi connectivity index (χ2n) is 5.43. The van der Waals surface area contributed by atoms with Gasteiger partial charge in [-0.15, -0.1) is 0 Å². The Morgan fingerprint density at radius 3 is 2.08 bits per heavy atom. The molecule has 6 N–H and O–H groups in total. The van der Waals surface area contributed by atoms with Gasteiger partial charge in [-0.05, 0) is 30.5 Å². The summed E-state index contributed by atoms with van der Waals surface area (Å²) in [5, 5.41) is -1.03. The predicted octanol–water partition coefficient (Wildman–Crippen LogP) is 2.09. The van der Waals surface area contributed by atoms with Gasteiger partial charge in [-0.3, -0.25) is 13.9 Å². The van der Waals surface area contributed by atoms with Crippen LogP contribution in [-0.4, -0.2) is 36.1 Å². The van der Waals surface area contributed by atoms with E-state index in [0.717, 1.165) is 11.8 Å². The van der Waals surface area contributed by atoms with E-state index in [1.807, 2.05) is 0 Å². The van der Waals surface area contributed by atoms with Crippen molar-refractivity contribution in [2.45, 2.75) is 30.7 Å². The first-order chi connectivity index (χ1) is 10.9. The highest BCUT2D eigenvalue weighted by Crippen LogP contribution is 2.55. The molecule has 136 valence electrons. The van der Waals surface area contributed by atoms with Crippen molar-refractivity contribution < 1.29 is 33.5 Å². The van der Waals surface area contributed by atoms with Gasteiger partial charge in [0.2, 0.25) is 0 Å². The number of anilines is 1. The highest BCUT2D eigenvalue weighted by Gasteiger charge is 2.32. The molecule has 2 atom stereocenters. The zero-order valence-corrected chi connectivity index (χ0v) is 15.6. The van der Waals surface area contributed by atoms with E-state index < -0.39 is 32.3 Å². The van der Waals surface area contributed by atoms with E-state index in [0.29, 0.717) is 11.3 Å². The van der Waals surface area contributed by atoms with Crippen LogP contribution in [0.5, 0.6) is 0 Å². The molecular formula is C13H21NO7P2S. The summed E-state index contributed by atoms with van der Waals surface area (Å²) >= 11 is 0.773. The fraction of sp³-hybridized carbons (Fsp3) is 0.462. The Morgan fingerprint density at radius 2 is 1.67 bits per heavy atom. The lowest BCUT2D eigenvalue weighted by Crippen LogP contribution is -2.14. The van der Waals surface area contributed by atoms with E-state index in [9.17, 15) is 23.7 Å². The number of thioether (sulfide) groups is 1. The third kappa shape index (κ3) is 7.94. The normalized spacial score (nSPS) is 15.0. The van der Waals surface area contributed by atoms with Crippen LogP contribution >= 0.6 is 27.0 Å². The Bertz CT molecular complexity index is 655. The largest absolute Gasteiger partial charge is 0.399 e.